The summed E-state index contributed by atoms with van der Waals surface area (Å²) in [7, 11) is 0. The largest absolute Gasteiger partial charge is 0.354 e. The van der Waals surface area contributed by atoms with Crippen LogP contribution in [0.2, 0.25) is 0 Å². The van der Waals surface area contributed by atoms with Gasteiger partial charge in [-0.25, -0.2) is 4.39 Å². The van der Waals surface area contributed by atoms with Crippen molar-refractivity contribution in [2.75, 3.05) is 19.6 Å². The van der Waals surface area contributed by atoms with Crippen LogP contribution in [0.4, 0.5) is 4.39 Å². The highest BCUT2D eigenvalue weighted by atomic mass is 19.1. The molecule has 0 bridgehead atoms. The molecule has 5 heteroatoms. The fourth-order valence-electron chi connectivity index (χ4n) is 1.86. The van der Waals surface area contributed by atoms with Crippen LogP contribution in [-0.2, 0) is 11.3 Å². The average Bonchev–Trinajstić information content (AvgIpc) is 2.32. The molecule has 1 fully saturated rings. The number of halogens is 1. The lowest BCUT2D eigenvalue weighted by Gasteiger charge is -2.26. The number of rotatable bonds is 2. The molecule has 0 aromatic heterocycles. The summed E-state index contributed by atoms with van der Waals surface area (Å²) < 4.78 is 13.8. The molecule has 2 rings (SSSR count). The number of hydrogen-bond acceptors (Lipinski definition) is 3. The molecule has 0 atom stereocenters. The van der Waals surface area contributed by atoms with Crippen molar-refractivity contribution in [2.24, 2.45) is 0 Å². The van der Waals surface area contributed by atoms with Gasteiger partial charge < -0.3 is 5.32 Å². The molecule has 1 aromatic carbocycles. The number of nitrogens with zero attached hydrogens (tertiary/aromatic N) is 2. The molecular formula is C12H12FN3O. The third-order valence-corrected chi connectivity index (χ3v) is 2.71. The highest BCUT2D eigenvalue weighted by molar-refractivity contribution is 5.78. The fraction of sp³-hybridized carbons (Fsp3) is 0.333. The zero-order valence-electron chi connectivity index (χ0n) is 9.24. The Balaban J connectivity index is 2.13. The number of carbonyl (C=O) groups is 1. The Morgan fingerprint density at radius 2 is 2.35 bits per heavy atom. The van der Waals surface area contributed by atoms with Crippen LogP contribution in [0, 0.1) is 17.1 Å². The third kappa shape index (κ3) is 2.60. The van der Waals surface area contributed by atoms with Gasteiger partial charge in [-0.2, -0.15) is 5.26 Å². The van der Waals surface area contributed by atoms with Crippen molar-refractivity contribution in [1.82, 2.24) is 10.2 Å². The van der Waals surface area contributed by atoms with Crippen molar-refractivity contribution in [3.8, 4) is 6.07 Å². The van der Waals surface area contributed by atoms with E-state index in [-0.39, 0.29) is 18.0 Å². The van der Waals surface area contributed by atoms with E-state index in [1.54, 1.807) is 12.1 Å². The summed E-state index contributed by atoms with van der Waals surface area (Å²) in [4.78, 5) is 13.0. The van der Waals surface area contributed by atoms with E-state index < -0.39 is 5.82 Å². The van der Waals surface area contributed by atoms with Gasteiger partial charge in [-0.1, -0.05) is 12.1 Å². The number of carbonyl (C=O) groups excluding carboxylic acids is 1. The summed E-state index contributed by atoms with van der Waals surface area (Å²) in [6, 6.07) is 6.55. The van der Waals surface area contributed by atoms with Gasteiger partial charge in [-0.3, -0.25) is 9.69 Å². The first-order chi connectivity index (χ1) is 8.20. The van der Waals surface area contributed by atoms with E-state index in [9.17, 15) is 9.18 Å². The zero-order chi connectivity index (χ0) is 12.3. The van der Waals surface area contributed by atoms with Crippen LogP contribution in [0.25, 0.3) is 0 Å². The second kappa shape index (κ2) is 4.93. The predicted octanol–water partition coefficient (Wildman–Crippen LogP) is 0.629. The first-order valence-corrected chi connectivity index (χ1v) is 5.37. The molecule has 4 nitrogen and oxygen atoms in total. The molecule has 1 heterocycles. The lowest BCUT2D eigenvalue weighted by Crippen LogP contribution is -2.47. The van der Waals surface area contributed by atoms with Gasteiger partial charge in [0, 0.05) is 25.2 Å². The minimum atomic E-state index is -0.485. The summed E-state index contributed by atoms with van der Waals surface area (Å²) in [5, 5.41) is 11.4. The van der Waals surface area contributed by atoms with Crippen LogP contribution < -0.4 is 5.32 Å². The van der Waals surface area contributed by atoms with Gasteiger partial charge >= 0.3 is 0 Å². The Morgan fingerprint density at radius 3 is 3.06 bits per heavy atom. The number of piperazine rings is 1. The van der Waals surface area contributed by atoms with Gasteiger partial charge in [0.2, 0.25) is 5.91 Å². The Labute approximate surface area is 98.6 Å². The van der Waals surface area contributed by atoms with Crippen molar-refractivity contribution >= 4 is 5.91 Å². The average molecular weight is 233 g/mol. The first kappa shape index (κ1) is 11.6. The van der Waals surface area contributed by atoms with Gasteiger partial charge in [0.1, 0.15) is 11.9 Å². The van der Waals surface area contributed by atoms with E-state index in [1.807, 2.05) is 11.0 Å². The zero-order valence-corrected chi connectivity index (χ0v) is 9.24. The molecule has 1 saturated heterocycles. The van der Waals surface area contributed by atoms with E-state index in [0.717, 1.165) is 0 Å². The molecule has 0 aliphatic carbocycles. The number of nitrogens with one attached hydrogen (secondary N) is 1. The molecule has 0 radical (unpaired) electrons. The summed E-state index contributed by atoms with van der Waals surface area (Å²) in [6.45, 7) is 1.91. The van der Waals surface area contributed by atoms with E-state index in [4.69, 9.17) is 5.26 Å². The highest BCUT2D eigenvalue weighted by Crippen LogP contribution is 2.14. The predicted molar refractivity (Wildman–Crippen MR) is 59.4 cm³/mol. The summed E-state index contributed by atoms with van der Waals surface area (Å²) >= 11 is 0. The smallest absolute Gasteiger partial charge is 0.234 e. The van der Waals surface area contributed by atoms with Crippen molar-refractivity contribution in [1.29, 1.82) is 5.26 Å². The minimum Gasteiger partial charge on any atom is -0.354 e. The molecule has 1 amide bonds. The number of amides is 1. The molecule has 17 heavy (non-hydrogen) atoms. The van der Waals surface area contributed by atoms with E-state index in [0.29, 0.717) is 25.2 Å². The van der Waals surface area contributed by atoms with Crippen LogP contribution in [0.15, 0.2) is 18.2 Å². The Morgan fingerprint density at radius 1 is 1.53 bits per heavy atom. The van der Waals surface area contributed by atoms with Crippen LogP contribution >= 0.6 is 0 Å². The second-order valence-corrected chi connectivity index (χ2v) is 3.95. The maximum Gasteiger partial charge on any atom is 0.234 e. The Hall–Kier alpha value is -1.93. The van der Waals surface area contributed by atoms with Crippen LogP contribution in [0.1, 0.15) is 11.1 Å². The maximum absolute atomic E-state index is 13.8. The topological polar surface area (TPSA) is 56.1 Å². The SMILES string of the molecule is N#Cc1cccc(CN2CCNC(=O)C2)c1F. The van der Waals surface area contributed by atoms with Gasteiger partial charge in [0.05, 0.1) is 12.1 Å². The summed E-state index contributed by atoms with van der Waals surface area (Å²) in [6.07, 6.45) is 0. The normalized spacial score (nSPS) is 16.4. The molecule has 1 aliphatic rings. The van der Waals surface area contributed by atoms with Crippen molar-refractivity contribution in [2.45, 2.75) is 6.54 Å². The van der Waals surface area contributed by atoms with Crippen molar-refractivity contribution in [3.63, 3.8) is 0 Å². The number of nitriles is 1. The lowest BCUT2D eigenvalue weighted by molar-refractivity contribution is -0.124. The lowest BCUT2D eigenvalue weighted by atomic mass is 10.1. The van der Waals surface area contributed by atoms with Crippen molar-refractivity contribution in [3.05, 3.63) is 35.1 Å². The fourth-order valence-corrected chi connectivity index (χ4v) is 1.86. The van der Waals surface area contributed by atoms with E-state index in [2.05, 4.69) is 5.32 Å². The highest BCUT2D eigenvalue weighted by Gasteiger charge is 2.18. The Kier molecular flexibility index (Phi) is 3.35. The summed E-state index contributed by atoms with van der Waals surface area (Å²) in [5.41, 5.74) is 0.503. The first-order valence-electron chi connectivity index (χ1n) is 5.37. The van der Waals surface area contributed by atoms with Gasteiger partial charge in [0.25, 0.3) is 0 Å². The van der Waals surface area contributed by atoms with Gasteiger partial charge in [-0.05, 0) is 6.07 Å². The third-order valence-electron chi connectivity index (χ3n) is 2.71. The number of hydrogen-bond donors (Lipinski definition) is 1. The molecule has 1 N–H and O–H groups in total. The van der Waals surface area contributed by atoms with Crippen LogP contribution in [0.3, 0.4) is 0 Å². The maximum atomic E-state index is 13.8. The molecule has 0 unspecified atom stereocenters. The van der Waals surface area contributed by atoms with Gasteiger partial charge in [-0.15, -0.1) is 0 Å². The molecule has 88 valence electrons. The van der Waals surface area contributed by atoms with Crippen molar-refractivity contribution < 1.29 is 9.18 Å². The number of benzene rings is 1. The molecule has 1 aromatic rings. The minimum absolute atomic E-state index is 0.0453. The monoisotopic (exact) mass is 233 g/mol. The Bertz CT molecular complexity index is 481. The molecule has 1 aliphatic heterocycles. The van der Waals surface area contributed by atoms with Gasteiger partial charge in [0.15, 0.2) is 0 Å². The van der Waals surface area contributed by atoms with Crippen LogP contribution in [-0.4, -0.2) is 30.4 Å². The summed E-state index contributed by atoms with van der Waals surface area (Å²) in [5.74, 6) is -0.533. The second-order valence-electron chi connectivity index (χ2n) is 3.95. The van der Waals surface area contributed by atoms with Crippen LogP contribution in [0.5, 0.6) is 0 Å². The standard InChI is InChI=1S/C12H12FN3O/c13-12-9(6-14)2-1-3-10(12)7-16-5-4-15-11(17)8-16/h1-3H,4-5,7-8H2,(H,15,17). The van der Waals surface area contributed by atoms with E-state index in [1.165, 1.54) is 6.07 Å². The van der Waals surface area contributed by atoms with E-state index >= 15 is 0 Å². The molecular weight excluding hydrogens is 221 g/mol. The quantitative estimate of drug-likeness (QED) is 0.815. The molecule has 0 spiro atoms. The molecule has 0 saturated carbocycles.